The second-order valence-corrected chi connectivity index (χ2v) is 5.38. The van der Waals surface area contributed by atoms with Gasteiger partial charge in [-0.05, 0) is 27.2 Å². The molecule has 2 heterocycles. The number of alkyl halides is 1. The summed E-state index contributed by atoms with van der Waals surface area (Å²) < 4.78 is 15.8. The lowest BCUT2D eigenvalue weighted by Crippen LogP contribution is -2.45. The van der Waals surface area contributed by atoms with Gasteiger partial charge in [-0.15, -0.1) is 0 Å². The lowest BCUT2D eigenvalue weighted by molar-refractivity contribution is 0.0652. The number of hydrogen-bond donors (Lipinski definition) is 0. The molecular weight excluding hydrogens is 241 g/mol. The normalized spacial score (nSPS) is 26.7. The molecule has 3 nitrogen and oxygen atoms in total. The van der Waals surface area contributed by atoms with Gasteiger partial charge < -0.3 is 0 Å². The maximum absolute atomic E-state index is 14.2. The summed E-state index contributed by atoms with van der Waals surface area (Å²) in [5.74, 6) is 0. The van der Waals surface area contributed by atoms with Crippen molar-refractivity contribution in [3.8, 4) is 0 Å². The summed E-state index contributed by atoms with van der Waals surface area (Å²) in [4.78, 5) is 2.16. The van der Waals surface area contributed by atoms with Crippen molar-refractivity contribution in [2.24, 2.45) is 0 Å². The SMILES string of the molecule is Cc1cnn([C@H]2CCN(C(C)C)C[C@@H]2F)c1Cl. The fourth-order valence-electron chi connectivity index (χ4n) is 2.33. The smallest absolute Gasteiger partial charge is 0.135 e. The predicted octanol–water partition coefficient (Wildman–Crippen LogP) is 2.84. The van der Waals surface area contributed by atoms with Gasteiger partial charge in [-0.2, -0.15) is 5.10 Å². The molecule has 0 spiro atoms. The molecular formula is C12H19ClFN3. The van der Waals surface area contributed by atoms with Crippen LogP contribution in [0.1, 0.15) is 31.9 Å². The molecule has 2 atom stereocenters. The average Bonchev–Trinajstić information content (AvgIpc) is 2.60. The van der Waals surface area contributed by atoms with Gasteiger partial charge in [0, 0.05) is 24.7 Å². The molecule has 0 radical (unpaired) electrons. The third-order valence-electron chi connectivity index (χ3n) is 3.49. The van der Waals surface area contributed by atoms with Crippen molar-refractivity contribution in [1.82, 2.24) is 14.7 Å². The number of hydrogen-bond acceptors (Lipinski definition) is 2. The topological polar surface area (TPSA) is 21.1 Å². The van der Waals surface area contributed by atoms with E-state index < -0.39 is 6.17 Å². The van der Waals surface area contributed by atoms with Crippen LogP contribution in [0.5, 0.6) is 0 Å². The van der Waals surface area contributed by atoms with Crippen LogP contribution < -0.4 is 0 Å². The monoisotopic (exact) mass is 259 g/mol. The minimum Gasteiger partial charge on any atom is -0.298 e. The third-order valence-corrected chi connectivity index (χ3v) is 3.96. The van der Waals surface area contributed by atoms with Crippen molar-refractivity contribution < 1.29 is 4.39 Å². The van der Waals surface area contributed by atoms with E-state index in [-0.39, 0.29) is 6.04 Å². The standard InChI is InChI=1S/C12H19ClFN3/c1-8(2)16-5-4-11(10(14)7-16)17-12(13)9(3)6-15-17/h6,8,10-11H,4-5,7H2,1-3H3/t10-,11-/m0/s1. The summed E-state index contributed by atoms with van der Waals surface area (Å²) >= 11 is 6.13. The summed E-state index contributed by atoms with van der Waals surface area (Å²) in [6.07, 6.45) is 1.56. The van der Waals surface area contributed by atoms with E-state index in [1.54, 1.807) is 10.9 Å². The van der Waals surface area contributed by atoms with Crippen LogP contribution in [0, 0.1) is 6.92 Å². The summed E-state index contributed by atoms with van der Waals surface area (Å²) in [5.41, 5.74) is 0.908. The zero-order valence-corrected chi connectivity index (χ0v) is 11.3. The van der Waals surface area contributed by atoms with Crippen LogP contribution in [-0.4, -0.2) is 40.0 Å². The first-order valence-electron chi connectivity index (χ1n) is 6.08. The van der Waals surface area contributed by atoms with Crippen molar-refractivity contribution in [2.45, 2.75) is 45.4 Å². The first-order valence-corrected chi connectivity index (χ1v) is 6.46. The van der Waals surface area contributed by atoms with Crippen LogP contribution in [0.25, 0.3) is 0 Å². The molecule has 17 heavy (non-hydrogen) atoms. The van der Waals surface area contributed by atoms with Crippen LogP contribution in [-0.2, 0) is 0 Å². The molecule has 1 aliphatic rings. The fourth-order valence-corrected chi connectivity index (χ4v) is 2.54. The molecule has 5 heteroatoms. The molecule has 1 saturated heterocycles. The van der Waals surface area contributed by atoms with Crippen molar-refractivity contribution in [3.63, 3.8) is 0 Å². The minimum absolute atomic E-state index is 0.216. The van der Waals surface area contributed by atoms with Gasteiger partial charge in [0.15, 0.2) is 0 Å². The number of piperidine rings is 1. The number of aromatic nitrogens is 2. The van der Waals surface area contributed by atoms with Gasteiger partial charge in [0.25, 0.3) is 0 Å². The number of rotatable bonds is 2. The number of nitrogens with zero attached hydrogens (tertiary/aromatic N) is 3. The Morgan fingerprint density at radius 1 is 1.53 bits per heavy atom. The van der Waals surface area contributed by atoms with Crippen molar-refractivity contribution in [1.29, 1.82) is 0 Å². The largest absolute Gasteiger partial charge is 0.298 e. The average molecular weight is 260 g/mol. The quantitative estimate of drug-likeness (QED) is 0.814. The van der Waals surface area contributed by atoms with E-state index in [2.05, 4.69) is 23.8 Å². The zero-order chi connectivity index (χ0) is 12.6. The molecule has 1 aromatic rings. The number of halogens is 2. The van der Waals surface area contributed by atoms with Crippen LogP contribution >= 0.6 is 11.6 Å². The van der Waals surface area contributed by atoms with Gasteiger partial charge in [0.1, 0.15) is 11.3 Å². The first kappa shape index (κ1) is 12.8. The summed E-state index contributed by atoms with van der Waals surface area (Å²) in [5, 5.41) is 4.75. The Morgan fingerprint density at radius 2 is 2.24 bits per heavy atom. The Hall–Kier alpha value is -0.610. The molecule has 0 saturated carbocycles. The van der Waals surface area contributed by atoms with E-state index >= 15 is 0 Å². The molecule has 0 unspecified atom stereocenters. The minimum atomic E-state index is -0.900. The predicted molar refractivity (Wildman–Crippen MR) is 67.2 cm³/mol. The van der Waals surface area contributed by atoms with Gasteiger partial charge in [0.05, 0.1) is 12.2 Å². The first-order chi connectivity index (χ1) is 8.00. The van der Waals surface area contributed by atoms with E-state index in [4.69, 9.17) is 11.6 Å². The second kappa shape index (κ2) is 4.94. The highest BCUT2D eigenvalue weighted by atomic mass is 35.5. The Labute approximate surface area is 107 Å². The van der Waals surface area contributed by atoms with Crippen LogP contribution in [0.15, 0.2) is 6.20 Å². The van der Waals surface area contributed by atoms with Crippen LogP contribution in [0.3, 0.4) is 0 Å². The molecule has 0 aromatic carbocycles. The fraction of sp³-hybridized carbons (Fsp3) is 0.750. The maximum Gasteiger partial charge on any atom is 0.135 e. The Morgan fingerprint density at radius 3 is 2.71 bits per heavy atom. The van der Waals surface area contributed by atoms with Crippen molar-refractivity contribution in [3.05, 3.63) is 16.9 Å². The molecule has 0 bridgehead atoms. The summed E-state index contributed by atoms with van der Waals surface area (Å²) in [7, 11) is 0. The van der Waals surface area contributed by atoms with E-state index in [1.165, 1.54) is 0 Å². The van der Waals surface area contributed by atoms with Gasteiger partial charge in [-0.3, -0.25) is 4.90 Å². The van der Waals surface area contributed by atoms with E-state index in [0.29, 0.717) is 17.7 Å². The summed E-state index contributed by atoms with van der Waals surface area (Å²) in [6.45, 7) is 7.45. The zero-order valence-electron chi connectivity index (χ0n) is 10.5. The molecule has 1 fully saturated rings. The van der Waals surface area contributed by atoms with E-state index in [0.717, 1.165) is 18.5 Å². The Kier molecular flexibility index (Phi) is 3.73. The molecule has 1 aliphatic heterocycles. The maximum atomic E-state index is 14.2. The molecule has 1 aromatic heterocycles. The van der Waals surface area contributed by atoms with Crippen LogP contribution in [0.2, 0.25) is 5.15 Å². The van der Waals surface area contributed by atoms with Crippen molar-refractivity contribution >= 4 is 11.6 Å². The molecule has 96 valence electrons. The van der Waals surface area contributed by atoms with Crippen LogP contribution in [0.4, 0.5) is 4.39 Å². The van der Waals surface area contributed by atoms with Gasteiger partial charge in [-0.25, -0.2) is 9.07 Å². The Balaban J connectivity index is 2.12. The highest BCUT2D eigenvalue weighted by Crippen LogP contribution is 2.29. The highest BCUT2D eigenvalue weighted by molar-refractivity contribution is 6.30. The summed E-state index contributed by atoms with van der Waals surface area (Å²) in [6, 6.07) is 0.176. The number of aryl methyl sites for hydroxylation is 1. The lowest BCUT2D eigenvalue weighted by Gasteiger charge is -2.37. The Bertz CT molecular complexity index is 391. The van der Waals surface area contributed by atoms with Crippen molar-refractivity contribution in [2.75, 3.05) is 13.1 Å². The van der Waals surface area contributed by atoms with Gasteiger partial charge in [0.2, 0.25) is 0 Å². The molecule has 0 aliphatic carbocycles. The van der Waals surface area contributed by atoms with E-state index in [1.807, 2.05) is 6.92 Å². The molecule has 2 rings (SSSR count). The highest BCUT2D eigenvalue weighted by Gasteiger charge is 2.33. The molecule has 0 N–H and O–H groups in total. The van der Waals surface area contributed by atoms with Gasteiger partial charge >= 0.3 is 0 Å². The van der Waals surface area contributed by atoms with E-state index in [9.17, 15) is 4.39 Å². The number of likely N-dealkylation sites (tertiary alicyclic amines) is 1. The second-order valence-electron chi connectivity index (χ2n) is 5.02. The van der Waals surface area contributed by atoms with Gasteiger partial charge in [-0.1, -0.05) is 11.6 Å². The molecule has 0 amide bonds. The third kappa shape index (κ3) is 2.47. The lowest BCUT2D eigenvalue weighted by atomic mass is 10.0.